The molecule has 0 aliphatic heterocycles. The third-order valence-corrected chi connectivity index (χ3v) is 3.92. The van der Waals surface area contributed by atoms with Crippen LogP contribution in [0.25, 0.3) is 12.2 Å². The lowest BCUT2D eigenvalue weighted by molar-refractivity contribution is 0.0678. The van der Waals surface area contributed by atoms with Crippen molar-refractivity contribution in [1.29, 1.82) is 0 Å². The molecule has 0 saturated carbocycles. The molecule has 0 radical (unpaired) electrons. The van der Waals surface area contributed by atoms with Crippen LogP contribution in [0.4, 0.5) is 13.2 Å². The van der Waals surface area contributed by atoms with Gasteiger partial charge in [0, 0.05) is 12.4 Å². The van der Waals surface area contributed by atoms with E-state index in [9.17, 15) is 13.2 Å². The Morgan fingerprint density at radius 1 is 1.21 bits per heavy atom. The van der Waals surface area contributed by atoms with Crippen LogP contribution in [0.3, 0.4) is 0 Å². The van der Waals surface area contributed by atoms with Gasteiger partial charge in [0.2, 0.25) is 5.16 Å². The molecule has 0 amide bonds. The van der Waals surface area contributed by atoms with Crippen LogP contribution in [0, 0.1) is 5.82 Å². The Hall–Kier alpha value is -2.55. The van der Waals surface area contributed by atoms with Gasteiger partial charge in [0.15, 0.2) is 0 Å². The number of aromatic amines is 1. The summed E-state index contributed by atoms with van der Waals surface area (Å²) >= 11 is 1.20. The van der Waals surface area contributed by atoms with Crippen LogP contribution in [0.1, 0.15) is 23.8 Å². The first kappa shape index (κ1) is 16.3. The van der Waals surface area contributed by atoms with Crippen LogP contribution in [0.15, 0.2) is 41.8 Å². The Morgan fingerprint density at radius 3 is 2.75 bits per heavy atom. The fourth-order valence-corrected chi connectivity index (χ4v) is 2.66. The molecule has 124 valence electrons. The number of nitrogens with one attached hydrogen (secondary N) is 1. The Labute approximate surface area is 139 Å². The second-order valence-electron chi connectivity index (χ2n) is 4.71. The third kappa shape index (κ3) is 4.05. The number of imidazole rings is 1. The lowest BCUT2D eigenvalue weighted by atomic mass is 10.2. The van der Waals surface area contributed by atoms with Crippen molar-refractivity contribution in [3.63, 3.8) is 0 Å². The summed E-state index contributed by atoms with van der Waals surface area (Å²) in [4.78, 5) is 8.12. The number of halogens is 3. The first-order valence-corrected chi connectivity index (χ1v) is 7.89. The van der Waals surface area contributed by atoms with Crippen molar-refractivity contribution in [2.24, 2.45) is 0 Å². The van der Waals surface area contributed by atoms with E-state index in [1.54, 1.807) is 24.3 Å². The van der Waals surface area contributed by atoms with Gasteiger partial charge in [0.1, 0.15) is 17.5 Å². The largest absolute Gasteiger partial charge is 0.319 e. The predicted molar refractivity (Wildman–Crippen MR) is 84.8 cm³/mol. The van der Waals surface area contributed by atoms with E-state index in [2.05, 4.69) is 20.2 Å². The molecule has 24 heavy (non-hydrogen) atoms. The summed E-state index contributed by atoms with van der Waals surface area (Å²) in [7, 11) is 0. The molecular weight excluding hydrogens is 339 g/mol. The highest BCUT2D eigenvalue weighted by atomic mass is 32.2. The Morgan fingerprint density at radius 2 is 2.00 bits per heavy atom. The number of hydrogen-bond donors (Lipinski definition) is 1. The van der Waals surface area contributed by atoms with E-state index in [-0.39, 0.29) is 17.4 Å². The molecule has 5 nitrogen and oxygen atoms in total. The van der Waals surface area contributed by atoms with Crippen LogP contribution < -0.4 is 0 Å². The van der Waals surface area contributed by atoms with Crippen LogP contribution in [-0.4, -0.2) is 24.7 Å². The summed E-state index contributed by atoms with van der Waals surface area (Å²) in [6.45, 7) is -2.62. The molecule has 1 N–H and O–H groups in total. The van der Waals surface area contributed by atoms with Gasteiger partial charge in [-0.25, -0.2) is 14.4 Å². The monoisotopic (exact) mass is 351 g/mol. The highest BCUT2D eigenvalue weighted by molar-refractivity contribution is 7.98. The summed E-state index contributed by atoms with van der Waals surface area (Å²) in [6, 6.07) is 6.02. The van der Waals surface area contributed by atoms with Gasteiger partial charge in [-0.3, -0.25) is 9.67 Å². The van der Waals surface area contributed by atoms with Crippen molar-refractivity contribution in [3.8, 4) is 0 Å². The van der Waals surface area contributed by atoms with Crippen molar-refractivity contribution in [1.82, 2.24) is 24.7 Å². The number of rotatable bonds is 6. The average Bonchev–Trinajstić information content (AvgIpc) is 3.21. The SMILES string of the molecule is Fc1ccc(C=Cc2nc(SCc3nccn3C(F)F)n[nH]2)cc1. The minimum Gasteiger partial charge on any atom is -0.277 e. The van der Waals surface area contributed by atoms with Crippen LogP contribution in [0.2, 0.25) is 0 Å². The average molecular weight is 351 g/mol. The molecule has 0 fully saturated rings. The van der Waals surface area contributed by atoms with Gasteiger partial charge < -0.3 is 0 Å². The van der Waals surface area contributed by atoms with E-state index in [4.69, 9.17) is 0 Å². The molecule has 0 saturated heterocycles. The van der Waals surface area contributed by atoms with Crippen molar-refractivity contribution >= 4 is 23.9 Å². The zero-order valence-electron chi connectivity index (χ0n) is 12.2. The molecule has 0 atom stereocenters. The lowest BCUT2D eigenvalue weighted by Crippen LogP contribution is -2.02. The maximum absolute atomic E-state index is 12.8. The second-order valence-corrected chi connectivity index (χ2v) is 5.65. The minimum atomic E-state index is -2.62. The van der Waals surface area contributed by atoms with Gasteiger partial charge >= 0.3 is 6.55 Å². The minimum absolute atomic E-state index is 0.232. The van der Waals surface area contributed by atoms with E-state index in [0.717, 1.165) is 10.1 Å². The van der Waals surface area contributed by atoms with Gasteiger partial charge in [-0.1, -0.05) is 30.0 Å². The van der Waals surface area contributed by atoms with Gasteiger partial charge in [-0.15, -0.1) is 5.10 Å². The van der Waals surface area contributed by atoms with E-state index in [0.29, 0.717) is 11.0 Å². The lowest BCUT2D eigenvalue weighted by Gasteiger charge is -2.04. The first-order chi connectivity index (χ1) is 11.6. The van der Waals surface area contributed by atoms with Crippen LogP contribution in [-0.2, 0) is 5.75 Å². The van der Waals surface area contributed by atoms with Crippen molar-refractivity contribution < 1.29 is 13.2 Å². The van der Waals surface area contributed by atoms with Gasteiger partial charge in [0.25, 0.3) is 0 Å². The standard InChI is InChI=1S/C15H12F3N5S/c16-11-4-1-10(2-5-11)3-6-12-20-15(22-21-12)24-9-13-19-7-8-23(13)14(17)18/h1-8,14H,9H2,(H,20,21,22). The maximum atomic E-state index is 12.8. The molecular formula is C15H12F3N5S. The summed E-state index contributed by atoms with van der Waals surface area (Å²) in [5, 5.41) is 7.17. The number of benzene rings is 1. The molecule has 0 aliphatic rings. The molecule has 3 aromatic rings. The molecule has 2 aromatic heterocycles. The molecule has 2 heterocycles. The fourth-order valence-electron chi connectivity index (χ4n) is 1.91. The molecule has 0 unspecified atom stereocenters. The molecule has 1 aromatic carbocycles. The van der Waals surface area contributed by atoms with Crippen molar-refractivity contribution in [2.75, 3.05) is 0 Å². The van der Waals surface area contributed by atoms with Gasteiger partial charge in [-0.05, 0) is 23.8 Å². The molecule has 3 rings (SSSR count). The predicted octanol–water partition coefficient (Wildman–Crippen LogP) is 4.00. The van der Waals surface area contributed by atoms with E-state index in [1.807, 2.05) is 0 Å². The Kier molecular flexibility index (Phi) is 4.99. The smallest absolute Gasteiger partial charge is 0.277 e. The summed E-state index contributed by atoms with van der Waals surface area (Å²) in [5.74, 6) is 0.700. The molecule has 9 heteroatoms. The van der Waals surface area contributed by atoms with E-state index in [1.165, 1.54) is 36.3 Å². The Bertz CT molecular complexity index is 826. The summed E-state index contributed by atoms with van der Waals surface area (Å²) in [5.41, 5.74) is 0.820. The normalized spacial score (nSPS) is 11.7. The van der Waals surface area contributed by atoms with Crippen LogP contribution >= 0.6 is 11.8 Å². The molecule has 0 aliphatic carbocycles. The summed E-state index contributed by atoms with van der Waals surface area (Å²) < 4.78 is 39.1. The fraction of sp³-hybridized carbons (Fsp3) is 0.133. The quantitative estimate of drug-likeness (QED) is 0.682. The number of thioether (sulfide) groups is 1. The van der Waals surface area contributed by atoms with Crippen molar-refractivity contribution in [2.45, 2.75) is 17.5 Å². The number of nitrogens with zero attached hydrogens (tertiary/aromatic N) is 4. The number of aromatic nitrogens is 5. The van der Waals surface area contributed by atoms with Crippen LogP contribution in [0.5, 0.6) is 0 Å². The number of H-pyrrole nitrogens is 1. The highest BCUT2D eigenvalue weighted by Gasteiger charge is 2.12. The summed E-state index contributed by atoms with van der Waals surface area (Å²) in [6.07, 6.45) is 6.02. The first-order valence-electron chi connectivity index (χ1n) is 6.90. The topological polar surface area (TPSA) is 59.4 Å². The molecule has 0 spiro atoms. The second kappa shape index (κ2) is 7.35. The number of hydrogen-bond acceptors (Lipinski definition) is 4. The van der Waals surface area contributed by atoms with Gasteiger partial charge in [0.05, 0.1) is 5.75 Å². The highest BCUT2D eigenvalue weighted by Crippen LogP contribution is 2.21. The molecule has 0 bridgehead atoms. The third-order valence-electron chi connectivity index (χ3n) is 3.08. The van der Waals surface area contributed by atoms with E-state index < -0.39 is 6.55 Å². The zero-order valence-corrected chi connectivity index (χ0v) is 13.1. The Balaban J connectivity index is 1.61. The maximum Gasteiger partial charge on any atom is 0.319 e. The zero-order chi connectivity index (χ0) is 16.9. The number of alkyl halides is 2. The van der Waals surface area contributed by atoms with E-state index >= 15 is 0 Å². The van der Waals surface area contributed by atoms with Gasteiger partial charge in [-0.2, -0.15) is 8.78 Å². The van der Waals surface area contributed by atoms with Crippen molar-refractivity contribution in [3.05, 3.63) is 59.7 Å².